The molecule has 3 nitrogen and oxygen atoms in total. The van der Waals surface area contributed by atoms with E-state index in [1.54, 1.807) is 18.2 Å². The zero-order chi connectivity index (χ0) is 15.5. The van der Waals surface area contributed by atoms with Crippen LogP contribution in [0.2, 0.25) is 0 Å². The molecule has 1 aliphatic rings. The minimum absolute atomic E-state index is 0.0501. The van der Waals surface area contributed by atoms with Gasteiger partial charge in [-0.1, -0.05) is 32.0 Å². The Morgan fingerprint density at radius 3 is 2.67 bits per heavy atom. The summed E-state index contributed by atoms with van der Waals surface area (Å²) in [5, 5.41) is 3.42. The van der Waals surface area contributed by atoms with Crippen LogP contribution in [0.4, 0.5) is 8.78 Å². The van der Waals surface area contributed by atoms with Crippen LogP contribution < -0.4 is 10.1 Å². The van der Waals surface area contributed by atoms with Crippen LogP contribution in [-0.2, 0) is 11.3 Å². The molecule has 1 fully saturated rings. The average Bonchev–Trinajstić information content (AvgIpc) is 2.43. The topological polar surface area (TPSA) is 30.5 Å². The predicted octanol–water partition coefficient (Wildman–Crippen LogP) is 3.58. The molecule has 0 bridgehead atoms. The van der Waals surface area contributed by atoms with Crippen molar-refractivity contribution in [3.05, 3.63) is 29.8 Å². The van der Waals surface area contributed by atoms with Gasteiger partial charge in [-0.25, -0.2) is 0 Å². The fraction of sp³-hybridized carbons (Fsp3) is 0.625. The molecule has 2 rings (SSSR count). The van der Waals surface area contributed by atoms with Gasteiger partial charge in [-0.2, -0.15) is 8.78 Å². The van der Waals surface area contributed by atoms with Crippen LogP contribution in [0.3, 0.4) is 0 Å². The highest BCUT2D eigenvalue weighted by Crippen LogP contribution is 2.43. The Bertz CT molecular complexity index is 465. The fourth-order valence-corrected chi connectivity index (χ4v) is 2.81. The number of nitrogens with one attached hydrogen (secondary N) is 1. The minimum Gasteiger partial charge on any atom is -0.434 e. The molecule has 0 aromatic heterocycles. The lowest BCUT2D eigenvalue weighted by Crippen LogP contribution is -2.60. The normalized spacial score (nSPS) is 23.9. The van der Waals surface area contributed by atoms with Crippen LogP contribution in [0.25, 0.3) is 0 Å². The number of rotatable bonds is 7. The van der Waals surface area contributed by atoms with Crippen molar-refractivity contribution in [1.82, 2.24) is 5.32 Å². The molecule has 1 aromatic carbocycles. The van der Waals surface area contributed by atoms with E-state index in [9.17, 15) is 8.78 Å². The summed E-state index contributed by atoms with van der Waals surface area (Å²) in [4.78, 5) is 0. The maximum atomic E-state index is 12.4. The Morgan fingerprint density at radius 2 is 2.05 bits per heavy atom. The highest BCUT2D eigenvalue weighted by molar-refractivity contribution is 5.33. The summed E-state index contributed by atoms with van der Waals surface area (Å²) in [6.45, 7) is 4.75. The highest BCUT2D eigenvalue weighted by atomic mass is 19.3. The molecule has 0 saturated heterocycles. The lowest BCUT2D eigenvalue weighted by atomic mass is 9.64. The molecule has 21 heavy (non-hydrogen) atoms. The van der Waals surface area contributed by atoms with Gasteiger partial charge in [0.05, 0.1) is 6.10 Å². The second-order valence-electron chi connectivity index (χ2n) is 5.92. The van der Waals surface area contributed by atoms with Gasteiger partial charge in [0.1, 0.15) is 5.75 Å². The molecule has 1 N–H and O–H groups in total. The van der Waals surface area contributed by atoms with Gasteiger partial charge in [-0.3, -0.25) is 0 Å². The summed E-state index contributed by atoms with van der Waals surface area (Å²) in [7, 11) is 0. The molecule has 5 heteroatoms. The first kappa shape index (κ1) is 16.2. The average molecular weight is 299 g/mol. The molecule has 1 saturated carbocycles. The van der Waals surface area contributed by atoms with Crippen molar-refractivity contribution in [2.75, 3.05) is 6.61 Å². The Morgan fingerprint density at radius 1 is 1.33 bits per heavy atom. The molecule has 0 spiro atoms. The smallest absolute Gasteiger partial charge is 0.387 e. The van der Waals surface area contributed by atoms with Gasteiger partial charge in [-0.15, -0.1) is 0 Å². The first-order valence-electron chi connectivity index (χ1n) is 7.32. The number of halogens is 2. The summed E-state index contributed by atoms with van der Waals surface area (Å²) in [5.41, 5.74) is 0.794. The van der Waals surface area contributed by atoms with Crippen molar-refractivity contribution in [3.63, 3.8) is 0 Å². The third kappa shape index (κ3) is 3.71. The molecule has 2 atom stereocenters. The second kappa shape index (κ2) is 6.71. The maximum absolute atomic E-state index is 12.4. The van der Waals surface area contributed by atoms with E-state index in [0.29, 0.717) is 19.2 Å². The van der Waals surface area contributed by atoms with Crippen molar-refractivity contribution in [2.45, 2.75) is 52.5 Å². The summed E-state index contributed by atoms with van der Waals surface area (Å²) in [6.07, 6.45) is 1.20. The molecule has 2 unspecified atom stereocenters. The van der Waals surface area contributed by atoms with Crippen LogP contribution in [-0.4, -0.2) is 25.4 Å². The van der Waals surface area contributed by atoms with E-state index in [2.05, 4.69) is 23.9 Å². The van der Waals surface area contributed by atoms with Crippen LogP contribution >= 0.6 is 0 Å². The van der Waals surface area contributed by atoms with E-state index in [1.165, 1.54) is 0 Å². The van der Waals surface area contributed by atoms with Crippen molar-refractivity contribution in [2.24, 2.45) is 5.41 Å². The van der Waals surface area contributed by atoms with Crippen molar-refractivity contribution < 1.29 is 18.3 Å². The Balaban J connectivity index is 1.92. The zero-order valence-electron chi connectivity index (χ0n) is 12.7. The van der Waals surface area contributed by atoms with Crippen LogP contribution in [0, 0.1) is 5.41 Å². The van der Waals surface area contributed by atoms with E-state index in [-0.39, 0.29) is 17.3 Å². The Kier molecular flexibility index (Phi) is 5.17. The molecule has 0 aliphatic heterocycles. The summed E-state index contributed by atoms with van der Waals surface area (Å²) >= 11 is 0. The van der Waals surface area contributed by atoms with Crippen LogP contribution in [0.1, 0.15) is 32.8 Å². The molecular formula is C16H23F2NO2. The Hall–Kier alpha value is -1.20. The number of para-hydroxylation sites is 1. The fourth-order valence-electron chi connectivity index (χ4n) is 2.81. The molecular weight excluding hydrogens is 276 g/mol. The molecule has 1 aromatic rings. The minimum atomic E-state index is -2.80. The molecule has 118 valence electrons. The number of hydrogen-bond donors (Lipinski definition) is 1. The molecule has 0 radical (unpaired) electrons. The van der Waals surface area contributed by atoms with Crippen molar-refractivity contribution in [1.29, 1.82) is 0 Å². The monoisotopic (exact) mass is 299 g/mol. The van der Waals surface area contributed by atoms with Crippen molar-refractivity contribution >= 4 is 0 Å². The second-order valence-corrected chi connectivity index (χ2v) is 5.92. The van der Waals surface area contributed by atoms with E-state index >= 15 is 0 Å². The third-order valence-electron chi connectivity index (χ3n) is 4.27. The largest absolute Gasteiger partial charge is 0.434 e. The van der Waals surface area contributed by atoms with E-state index in [1.807, 2.05) is 13.0 Å². The Labute approximate surface area is 124 Å². The number of benzene rings is 1. The van der Waals surface area contributed by atoms with E-state index < -0.39 is 6.61 Å². The van der Waals surface area contributed by atoms with Crippen LogP contribution in [0.5, 0.6) is 5.75 Å². The maximum Gasteiger partial charge on any atom is 0.387 e. The summed E-state index contributed by atoms with van der Waals surface area (Å²) in [5.74, 6) is 0.235. The van der Waals surface area contributed by atoms with Gasteiger partial charge in [0, 0.05) is 30.2 Å². The molecule has 1 aliphatic carbocycles. The van der Waals surface area contributed by atoms with Gasteiger partial charge in [0.25, 0.3) is 0 Å². The first-order chi connectivity index (χ1) is 9.95. The number of ether oxygens (including phenoxy) is 2. The third-order valence-corrected chi connectivity index (χ3v) is 4.27. The predicted molar refractivity (Wildman–Crippen MR) is 77.5 cm³/mol. The van der Waals surface area contributed by atoms with Gasteiger partial charge >= 0.3 is 6.61 Å². The SMILES string of the molecule is CCOC1CC(NCc2ccccc2OC(F)F)C1(C)C. The standard InChI is InChI=1S/C16H23F2NO2/c1-4-20-14-9-13(16(14,2)3)19-10-11-7-5-6-8-12(11)21-15(17)18/h5-8,13-15,19H,4,9-10H2,1-3H3. The lowest BCUT2D eigenvalue weighted by molar-refractivity contribution is -0.114. The lowest BCUT2D eigenvalue weighted by Gasteiger charge is -2.52. The van der Waals surface area contributed by atoms with E-state index in [0.717, 1.165) is 12.0 Å². The highest BCUT2D eigenvalue weighted by Gasteiger charge is 2.48. The summed E-state index contributed by atoms with van der Waals surface area (Å²) in [6, 6.07) is 7.20. The zero-order valence-corrected chi connectivity index (χ0v) is 12.7. The van der Waals surface area contributed by atoms with Gasteiger partial charge < -0.3 is 14.8 Å². The summed E-state index contributed by atoms with van der Waals surface area (Å²) < 4.78 is 35.0. The van der Waals surface area contributed by atoms with Gasteiger partial charge in [-0.05, 0) is 19.4 Å². The first-order valence-corrected chi connectivity index (χ1v) is 7.32. The van der Waals surface area contributed by atoms with E-state index in [4.69, 9.17) is 4.74 Å². The van der Waals surface area contributed by atoms with Gasteiger partial charge in [0.2, 0.25) is 0 Å². The molecule has 0 amide bonds. The molecule has 0 heterocycles. The quantitative estimate of drug-likeness (QED) is 0.835. The van der Waals surface area contributed by atoms with Crippen molar-refractivity contribution in [3.8, 4) is 5.75 Å². The van der Waals surface area contributed by atoms with Gasteiger partial charge in [0.15, 0.2) is 0 Å². The number of hydrogen-bond acceptors (Lipinski definition) is 3. The van der Waals surface area contributed by atoms with Crippen LogP contribution in [0.15, 0.2) is 24.3 Å². The number of alkyl halides is 2.